The highest BCUT2D eigenvalue weighted by Gasteiger charge is 2.45. The Labute approximate surface area is 110 Å². The molecule has 3 N–H and O–H groups in total. The van der Waals surface area contributed by atoms with Crippen LogP contribution in [0.4, 0.5) is 0 Å². The van der Waals surface area contributed by atoms with Crippen molar-refractivity contribution in [2.45, 2.75) is 11.8 Å². The first-order valence-electron chi connectivity index (χ1n) is 5.32. The van der Waals surface area contributed by atoms with Gasteiger partial charge in [0.1, 0.15) is 11.9 Å². The fraction of sp³-hybridized carbons (Fsp3) is 0.417. The molecule has 0 aliphatic rings. The van der Waals surface area contributed by atoms with Crippen LogP contribution < -0.4 is 10.5 Å². The second-order valence-corrected chi connectivity index (χ2v) is 4.60. The molecule has 0 bridgehead atoms. The lowest BCUT2D eigenvalue weighted by Gasteiger charge is -2.32. The van der Waals surface area contributed by atoms with Gasteiger partial charge in [-0.1, -0.05) is 18.2 Å². The van der Waals surface area contributed by atoms with Crippen LogP contribution in [0.25, 0.3) is 0 Å². The van der Waals surface area contributed by atoms with Gasteiger partial charge in [0.05, 0.1) is 0 Å². The minimum atomic E-state index is -1.90. The van der Waals surface area contributed by atoms with E-state index in [2.05, 4.69) is 0 Å². The topological polar surface area (TPSA) is 81.8 Å². The van der Waals surface area contributed by atoms with Crippen molar-refractivity contribution in [1.29, 1.82) is 0 Å². The van der Waals surface area contributed by atoms with Gasteiger partial charge in [-0.05, 0) is 18.4 Å². The van der Waals surface area contributed by atoms with Crippen LogP contribution in [-0.4, -0.2) is 42.0 Å². The van der Waals surface area contributed by atoms with Crippen LogP contribution >= 0.6 is 11.8 Å². The van der Waals surface area contributed by atoms with Gasteiger partial charge in [-0.25, -0.2) is 4.79 Å². The number of nitrogens with two attached hydrogens (primary N) is 1. The molecule has 18 heavy (non-hydrogen) atoms. The van der Waals surface area contributed by atoms with Crippen molar-refractivity contribution >= 4 is 17.7 Å². The largest absolute Gasteiger partial charge is 0.477 e. The third-order valence-electron chi connectivity index (χ3n) is 2.45. The van der Waals surface area contributed by atoms with Crippen molar-refractivity contribution < 1.29 is 19.4 Å². The molecule has 2 atom stereocenters. The summed E-state index contributed by atoms with van der Waals surface area (Å²) in [6, 6.07) is 8.59. The molecule has 0 aromatic heterocycles. The van der Waals surface area contributed by atoms with Gasteiger partial charge in [0.25, 0.3) is 5.72 Å². The van der Waals surface area contributed by atoms with Gasteiger partial charge in [-0.15, -0.1) is 0 Å². The van der Waals surface area contributed by atoms with Crippen molar-refractivity contribution in [2.75, 3.05) is 19.1 Å². The molecule has 0 fully saturated rings. The monoisotopic (exact) mass is 271 g/mol. The number of hydrogen-bond acceptors (Lipinski definition) is 5. The second-order valence-electron chi connectivity index (χ2n) is 3.69. The molecule has 0 saturated carbocycles. The molecule has 0 heterocycles. The third kappa shape index (κ3) is 3.38. The number of benzene rings is 1. The summed E-state index contributed by atoms with van der Waals surface area (Å²) in [5.41, 5.74) is 3.95. The summed E-state index contributed by atoms with van der Waals surface area (Å²) in [5.74, 6) is -0.440. The zero-order chi connectivity index (χ0) is 13.6. The van der Waals surface area contributed by atoms with Crippen molar-refractivity contribution in [3.05, 3.63) is 30.3 Å². The number of para-hydroxylation sites is 1. The number of thioether (sulfide) groups is 1. The summed E-state index contributed by atoms with van der Waals surface area (Å²) in [4.78, 5) is 11.4. The Balaban J connectivity index is 2.96. The molecule has 2 unspecified atom stereocenters. The maximum absolute atomic E-state index is 11.4. The summed E-state index contributed by atoms with van der Waals surface area (Å²) >= 11 is 1.44. The zero-order valence-corrected chi connectivity index (χ0v) is 11.1. The van der Waals surface area contributed by atoms with Gasteiger partial charge in [-0.3, -0.25) is 5.73 Å². The molecule has 0 radical (unpaired) electrons. The zero-order valence-electron chi connectivity index (χ0n) is 10.3. The predicted octanol–water partition coefficient (Wildman–Crippen LogP) is 1.18. The van der Waals surface area contributed by atoms with Crippen molar-refractivity contribution in [2.24, 2.45) is 5.73 Å². The first-order chi connectivity index (χ1) is 8.54. The molecule has 0 amide bonds. The van der Waals surface area contributed by atoms with Gasteiger partial charge in [0, 0.05) is 12.9 Å². The number of carboxylic acids is 1. The van der Waals surface area contributed by atoms with Gasteiger partial charge in [0.2, 0.25) is 0 Å². The van der Waals surface area contributed by atoms with Crippen LogP contribution in [0.3, 0.4) is 0 Å². The van der Waals surface area contributed by atoms with E-state index in [1.165, 1.54) is 18.9 Å². The van der Waals surface area contributed by atoms with E-state index in [-0.39, 0.29) is 0 Å². The average Bonchev–Trinajstić information content (AvgIpc) is 2.36. The fourth-order valence-electron chi connectivity index (χ4n) is 1.45. The van der Waals surface area contributed by atoms with Gasteiger partial charge >= 0.3 is 5.97 Å². The Morgan fingerprint density at radius 2 is 2.11 bits per heavy atom. The van der Waals surface area contributed by atoms with Gasteiger partial charge in [-0.2, -0.15) is 11.8 Å². The van der Waals surface area contributed by atoms with E-state index < -0.39 is 17.8 Å². The Hall–Kier alpha value is -1.24. The molecular weight excluding hydrogens is 254 g/mol. The normalized spacial score (nSPS) is 15.7. The Kier molecular flexibility index (Phi) is 5.46. The molecule has 0 spiro atoms. The summed E-state index contributed by atoms with van der Waals surface area (Å²) in [5, 5.41) is 9.28. The van der Waals surface area contributed by atoms with E-state index in [1.807, 2.05) is 12.3 Å². The molecule has 5 nitrogen and oxygen atoms in total. The highest BCUT2D eigenvalue weighted by molar-refractivity contribution is 7.98. The quantitative estimate of drug-likeness (QED) is 0.725. The maximum atomic E-state index is 11.4. The number of ether oxygens (including phenoxy) is 2. The average molecular weight is 271 g/mol. The summed E-state index contributed by atoms with van der Waals surface area (Å²) in [7, 11) is 1.42. The van der Waals surface area contributed by atoms with Crippen molar-refractivity contribution in [1.82, 2.24) is 0 Å². The summed E-state index contributed by atoms with van der Waals surface area (Å²) < 4.78 is 10.5. The maximum Gasteiger partial charge on any atom is 0.366 e. The van der Waals surface area contributed by atoms with Crippen LogP contribution in [-0.2, 0) is 9.53 Å². The minimum Gasteiger partial charge on any atom is -0.477 e. The van der Waals surface area contributed by atoms with Gasteiger partial charge in [0.15, 0.2) is 0 Å². The molecule has 1 aromatic carbocycles. The molecule has 1 aromatic rings. The highest BCUT2D eigenvalue weighted by Crippen LogP contribution is 2.21. The van der Waals surface area contributed by atoms with Crippen LogP contribution in [0.1, 0.15) is 0 Å². The number of carboxylic acid groups (broad SMARTS) is 1. The lowest BCUT2D eigenvalue weighted by Crippen LogP contribution is -2.63. The predicted molar refractivity (Wildman–Crippen MR) is 70.8 cm³/mol. The van der Waals surface area contributed by atoms with E-state index in [4.69, 9.17) is 15.2 Å². The number of aliphatic carboxylic acids is 1. The lowest BCUT2D eigenvalue weighted by atomic mass is 10.1. The Bertz CT molecular complexity index is 387. The number of rotatable bonds is 7. The van der Waals surface area contributed by atoms with Crippen LogP contribution in [0.5, 0.6) is 5.75 Å². The van der Waals surface area contributed by atoms with Crippen LogP contribution in [0, 0.1) is 0 Å². The standard InChI is InChI=1S/C12H17NO4S/c1-16-10(8-18-2)12(13,11(14)15)17-9-6-4-3-5-7-9/h3-7,10H,8,13H2,1-2H3,(H,14,15). The first-order valence-corrected chi connectivity index (χ1v) is 6.72. The molecule has 0 saturated heterocycles. The number of hydrogen-bond donors (Lipinski definition) is 2. The van der Waals surface area contributed by atoms with E-state index in [1.54, 1.807) is 24.3 Å². The smallest absolute Gasteiger partial charge is 0.366 e. The Morgan fingerprint density at radius 1 is 1.50 bits per heavy atom. The van der Waals surface area contributed by atoms with Crippen LogP contribution in [0.2, 0.25) is 0 Å². The molecule has 6 heteroatoms. The minimum absolute atomic E-state index is 0.394. The number of carbonyl (C=O) groups is 1. The highest BCUT2D eigenvalue weighted by atomic mass is 32.2. The first kappa shape index (κ1) is 14.8. The Morgan fingerprint density at radius 3 is 2.56 bits per heavy atom. The molecular formula is C12H17NO4S. The van der Waals surface area contributed by atoms with E-state index in [0.29, 0.717) is 11.5 Å². The third-order valence-corrected chi connectivity index (χ3v) is 3.08. The molecule has 100 valence electrons. The van der Waals surface area contributed by atoms with Crippen molar-refractivity contribution in [3.63, 3.8) is 0 Å². The second kappa shape index (κ2) is 6.63. The summed E-state index contributed by atoms with van der Waals surface area (Å²) in [6.07, 6.45) is 1.10. The van der Waals surface area contributed by atoms with Gasteiger partial charge < -0.3 is 14.6 Å². The summed E-state index contributed by atoms with van der Waals surface area (Å²) in [6.45, 7) is 0. The number of methoxy groups -OCH3 is 1. The fourth-order valence-corrected chi connectivity index (χ4v) is 2.14. The SMILES string of the molecule is COC(CSC)C(N)(Oc1ccccc1)C(=O)O. The van der Waals surface area contributed by atoms with Crippen LogP contribution in [0.15, 0.2) is 30.3 Å². The van der Waals surface area contributed by atoms with E-state index in [0.717, 1.165) is 0 Å². The lowest BCUT2D eigenvalue weighted by molar-refractivity contribution is -0.166. The molecule has 0 aliphatic carbocycles. The molecule has 0 aliphatic heterocycles. The van der Waals surface area contributed by atoms with E-state index >= 15 is 0 Å². The van der Waals surface area contributed by atoms with Crippen molar-refractivity contribution in [3.8, 4) is 5.75 Å². The van der Waals surface area contributed by atoms with E-state index in [9.17, 15) is 9.90 Å². The molecule has 1 rings (SSSR count).